The molecule has 0 aromatic heterocycles. The Bertz CT molecular complexity index is 181. The van der Waals surface area contributed by atoms with E-state index in [1.54, 1.807) is 0 Å². The van der Waals surface area contributed by atoms with Crippen LogP contribution < -0.4 is 0 Å². The highest BCUT2D eigenvalue weighted by molar-refractivity contribution is 14.1. The van der Waals surface area contributed by atoms with Gasteiger partial charge in [0, 0.05) is 17.0 Å². The molecular weight excluding hydrogens is 261 g/mol. The molecule has 4 atom stereocenters. The molecule has 1 nitrogen and oxygen atoms in total. The zero-order valence-electron chi connectivity index (χ0n) is 7.38. The van der Waals surface area contributed by atoms with Crippen LogP contribution in [0.2, 0.25) is 0 Å². The average Bonchev–Trinajstić information content (AvgIpc) is 2.18. The predicted molar refractivity (Wildman–Crippen MR) is 60.7 cm³/mol. The van der Waals surface area contributed by atoms with Gasteiger partial charge in [0.2, 0.25) is 0 Å². The maximum absolute atomic E-state index is 3.93. The number of nitrogens with zero attached hydrogens (tertiary/aromatic N) is 1. The van der Waals surface area contributed by atoms with E-state index in [-0.39, 0.29) is 0 Å². The summed E-state index contributed by atoms with van der Waals surface area (Å²) < 4.78 is 1.30. The Hall–Kier alpha value is 0.430. The molecule has 0 aromatic rings. The quantitative estimate of drug-likeness (QED) is 0.425. The molecule has 0 radical (unpaired) electrons. The summed E-state index contributed by atoms with van der Waals surface area (Å²) in [6.45, 7) is 6.54. The normalized spacial score (nSPS) is 46.1. The lowest BCUT2D eigenvalue weighted by molar-refractivity contribution is 0.0312. The molecule has 3 aliphatic rings. The number of alkyl halides is 1. The van der Waals surface area contributed by atoms with E-state index in [0.29, 0.717) is 0 Å². The maximum Gasteiger partial charge on any atom is 0.0188 e. The monoisotopic (exact) mass is 277 g/mol. The molecule has 0 spiro atoms. The molecule has 3 rings (SSSR count). The first kappa shape index (κ1) is 9.00. The van der Waals surface area contributed by atoms with Crippen LogP contribution >= 0.6 is 22.6 Å². The average molecular weight is 277 g/mol. The molecule has 3 saturated heterocycles. The smallest absolute Gasteiger partial charge is 0.0188 e. The molecule has 3 heterocycles. The molecule has 0 amide bonds. The fraction of sp³-hybridized carbons (Fsp3) is 0.800. The summed E-state index contributed by atoms with van der Waals surface area (Å²) in [4.78, 5) is 2.65. The Balaban J connectivity index is 2.05. The van der Waals surface area contributed by atoms with Crippen LogP contribution in [-0.4, -0.2) is 28.5 Å². The van der Waals surface area contributed by atoms with Gasteiger partial charge < -0.3 is 0 Å². The summed E-state index contributed by atoms with van der Waals surface area (Å²) in [5, 5.41) is 0. The van der Waals surface area contributed by atoms with Gasteiger partial charge in [0.15, 0.2) is 0 Å². The van der Waals surface area contributed by atoms with E-state index in [1.807, 2.05) is 0 Å². The Labute approximate surface area is 88.3 Å². The van der Waals surface area contributed by atoms with E-state index in [1.165, 1.54) is 30.4 Å². The highest BCUT2D eigenvalue weighted by Gasteiger charge is 2.37. The van der Waals surface area contributed by atoms with Crippen LogP contribution in [0.5, 0.6) is 0 Å². The van der Waals surface area contributed by atoms with Crippen molar-refractivity contribution >= 4 is 22.6 Å². The summed E-state index contributed by atoms with van der Waals surface area (Å²) in [5.41, 5.74) is 0. The molecule has 3 aliphatic heterocycles. The first-order chi connectivity index (χ1) is 5.85. The molecule has 0 aliphatic carbocycles. The van der Waals surface area contributed by atoms with Gasteiger partial charge in [-0.2, -0.15) is 0 Å². The minimum Gasteiger partial charge on any atom is -0.299 e. The SMILES string of the molecule is C=C[C@H]1CN2CC[C@H]1C[C@H]2CI. The van der Waals surface area contributed by atoms with E-state index in [2.05, 4.69) is 40.1 Å². The summed E-state index contributed by atoms with van der Waals surface area (Å²) in [6, 6.07) is 0.876. The van der Waals surface area contributed by atoms with E-state index in [4.69, 9.17) is 0 Å². The van der Waals surface area contributed by atoms with Crippen molar-refractivity contribution in [3.05, 3.63) is 12.7 Å². The summed E-state index contributed by atoms with van der Waals surface area (Å²) >= 11 is 2.52. The van der Waals surface area contributed by atoms with Gasteiger partial charge in [-0.05, 0) is 31.2 Å². The number of fused-ring (bicyclic) bond motifs is 3. The third-order valence-corrected chi connectivity index (χ3v) is 4.43. The lowest BCUT2D eigenvalue weighted by atomic mass is 9.76. The van der Waals surface area contributed by atoms with Crippen molar-refractivity contribution in [3.8, 4) is 0 Å². The summed E-state index contributed by atoms with van der Waals surface area (Å²) in [5.74, 6) is 1.74. The number of piperidine rings is 3. The molecule has 3 fully saturated rings. The summed E-state index contributed by atoms with van der Waals surface area (Å²) in [6.07, 6.45) is 4.99. The highest BCUT2D eigenvalue weighted by atomic mass is 127. The van der Waals surface area contributed by atoms with Crippen LogP contribution in [0.15, 0.2) is 12.7 Å². The highest BCUT2D eigenvalue weighted by Crippen LogP contribution is 2.37. The van der Waals surface area contributed by atoms with Crippen molar-refractivity contribution < 1.29 is 0 Å². The Morgan fingerprint density at radius 1 is 1.58 bits per heavy atom. The molecule has 2 bridgehead atoms. The van der Waals surface area contributed by atoms with Crippen molar-refractivity contribution in [2.24, 2.45) is 11.8 Å². The fourth-order valence-electron chi connectivity index (χ4n) is 2.61. The second-order valence-electron chi connectivity index (χ2n) is 3.99. The topological polar surface area (TPSA) is 3.24 Å². The van der Waals surface area contributed by atoms with Crippen molar-refractivity contribution in [1.29, 1.82) is 0 Å². The maximum atomic E-state index is 3.93. The predicted octanol–water partition coefficient (Wildman–Crippen LogP) is 2.32. The van der Waals surface area contributed by atoms with Gasteiger partial charge in [-0.15, -0.1) is 6.58 Å². The largest absolute Gasteiger partial charge is 0.299 e. The van der Waals surface area contributed by atoms with E-state index >= 15 is 0 Å². The van der Waals surface area contributed by atoms with Gasteiger partial charge in [-0.25, -0.2) is 0 Å². The van der Waals surface area contributed by atoms with E-state index in [0.717, 1.165) is 17.9 Å². The second-order valence-corrected chi connectivity index (χ2v) is 4.87. The standard InChI is InChI=1S/C10H16IN/c1-2-8-7-12-4-3-9(8)5-10(12)6-11/h2,8-10H,1,3-7H2/t8-,9-,10-/m0/s1. The van der Waals surface area contributed by atoms with Crippen LogP contribution in [0.4, 0.5) is 0 Å². The van der Waals surface area contributed by atoms with Crippen LogP contribution in [0.3, 0.4) is 0 Å². The number of halogens is 1. The third kappa shape index (κ3) is 1.43. The first-order valence-electron chi connectivity index (χ1n) is 4.77. The minimum absolute atomic E-state index is 0.790. The number of hydrogen-bond acceptors (Lipinski definition) is 1. The minimum atomic E-state index is 0.790. The van der Waals surface area contributed by atoms with Gasteiger partial charge in [0.25, 0.3) is 0 Å². The molecular formula is C10H16IN. The Kier molecular flexibility index (Phi) is 2.75. The molecule has 2 heteroatoms. The van der Waals surface area contributed by atoms with Crippen LogP contribution in [0.1, 0.15) is 12.8 Å². The lowest BCUT2D eigenvalue weighted by Gasteiger charge is -2.48. The lowest BCUT2D eigenvalue weighted by Crippen LogP contribution is -2.53. The molecule has 0 saturated carbocycles. The molecule has 0 N–H and O–H groups in total. The van der Waals surface area contributed by atoms with Gasteiger partial charge >= 0.3 is 0 Å². The van der Waals surface area contributed by atoms with Crippen molar-refractivity contribution in [2.45, 2.75) is 18.9 Å². The van der Waals surface area contributed by atoms with Gasteiger partial charge in [0.1, 0.15) is 0 Å². The van der Waals surface area contributed by atoms with E-state index < -0.39 is 0 Å². The van der Waals surface area contributed by atoms with Gasteiger partial charge in [-0.3, -0.25) is 4.90 Å². The Morgan fingerprint density at radius 3 is 2.92 bits per heavy atom. The molecule has 1 unspecified atom stereocenters. The second kappa shape index (κ2) is 3.66. The zero-order valence-corrected chi connectivity index (χ0v) is 9.53. The number of rotatable bonds is 2. The van der Waals surface area contributed by atoms with Crippen LogP contribution in [0, 0.1) is 11.8 Å². The molecule has 0 aromatic carbocycles. The van der Waals surface area contributed by atoms with Crippen molar-refractivity contribution in [2.75, 3.05) is 17.5 Å². The van der Waals surface area contributed by atoms with E-state index in [9.17, 15) is 0 Å². The zero-order chi connectivity index (χ0) is 8.55. The van der Waals surface area contributed by atoms with Crippen molar-refractivity contribution in [3.63, 3.8) is 0 Å². The fourth-order valence-corrected chi connectivity index (χ4v) is 3.52. The van der Waals surface area contributed by atoms with Crippen LogP contribution in [0.25, 0.3) is 0 Å². The van der Waals surface area contributed by atoms with Gasteiger partial charge in [0.05, 0.1) is 0 Å². The third-order valence-electron chi connectivity index (χ3n) is 3.41. The molecule has 12 heavy (non-hydrogen) atoms. The van der Waals surface area contributed by atoms with Gasteiger partial charge in [-0.1, -0.05) is 28.7 Å². The molecule has 68 valence electrons. The van der Waals surface area contributed by atoms with Crippen molar-refractivity contribution in [1.82, 2.24) is 4.90 Å². The summed E-state index contributed by atoms with van der Waals surface area (Å²) in [7, 11) is 0. The number of hydrogen-bond donors (Lipinski definition) is 0. The van der Waals surface area contributed by atoms with Crippen LogP contribution in [-0.2, 0) is 0 Å². The first-order valence-corrected chi connectivity index (χ1v) is 6.30. The Morgan fingerprint density at radius 2 is 2.42 bits per heavy atom.